The minimum atomic E-state index is -2.91. The van der Waals surface area contributed by atoms with Gasteiger partial charge in [0.15, 0.2) is 13.9 Å². The van der Waals surface area contributed by atoms with Gasteiger partial charge >= 0.3 is 0 Å². The number of hydrogen-bond donors (Lipinski definition) is 6. The van der Waals surface area contributed by atoms with Crippen molar-refractivity contribution in [1.29, 1.82) is 0 Å². The topological polar surface area (TPSA) is 180 Å². The standard InChI is InChI=1S/C37H41N5O6Si/c1-22-33(49(2,3)47)32(17-18-43)48-37(22)30-20-29(41-35(45)25-9-13-27(39)14-10-25)15-16-31(30)42(36(37)46)21-23-5-4-6-28(19-23)40-34(44)24-7-11-26(38)12-8-24/h4-16,19-20,22,32-33,43,47H,17-18,21,38-39H2,1-3H3,(H,40,44)(H,41,45)/t22-,32+,33-,37+/m1/s1. The molecule has 49 heavy (non-hydrogen) atoms. The fourth-order valence-corrected chi connectivity index (χ4v) is 9.92. The minimum absolute atomic E-state index is 0.161. The minimum Gasteiger partial charge on any atom is -0.432 e. The zero-order valence-corrected chi connectivity index (χ0v) is 28.6. The molecule has 8 N–H and O–H groups in total. The summed E-state index contributed by atoms with van der Waals surface area (Å²) in [5.41, 5.74) is 14.7. The number of nitrogens with zero attached hydrogens (tertiary/aromatic N) is 1. The van der Waals surface area contributed by atoms with Crippen molar-refractivity contribution in [1.82, 2.24) is 0 Å². The second-order valence-corrected chi connectivity index (χ2v) is 17.3. The van der Waals surface area contributed by atoms with Gasteiger partial charge in [0, 0.05) is 57.5 Å². The van der Waals surface area contributed by atoms with E-state index in [1.807, 2.05) is 38.2 Å². The van der Waals surface area contributed by atoms with Crippen molar-refractivity contribution in [2.75, 3.05) is 33.6 Å². The fraction of sp³-hybridized carbons (Fsp3) is 0.270. The molecule has 4 aromatic carbocycles. The molecule has 1 spiro atoms. The molecule has 0 saturated carbocycles. The van der Waals surface area contributed by atoms with Crippen molar-refractivity contribution in [3.63, 3.8) is 0 Å². The first-order chi connectivity index (χ1) is 23.3. The van der Waals surface area contributed by atoms with Gasteiger partial charge in [0.2, 0.25) is 0 Å². The molecule has 2 heterocycles. The van der Waals surface area contributed by atoms with Crippen LogP contribution in [0.3, 0.4) is 0 Å². The molecule has 2 aliphatic heterocycles. The number of anilines is 5. The van der Waals surface area contributed by atoms with Crippen molar-refractivity contribution >= 4 is 54.5 Å². The first-order valence-electron chi connectivity index (χ1n) is 16.2. The highest BCUT2D eigenvalue weighted by molar-refractivity contribution is 6.71. The molecule has 0 unspecified atom stereocenters. The van der Waals surface area contributed by atoms with Crippen LogP contribution in [-0.2, 0) is 21.7 Å². The summed E-state index contributed by atoms with van der Waals surface area (Å²) in [6.07, 6.45) is -0.289. The number of nitrogen functional groups attached to an aromatic ring is 2. The van der Waals surface area contributed by atoms with Crippen molar-refractivity contribution in [3.8, 4) is 0 Å². The first-order valence-corrected chi connectivity index (χ1v) is 19.2. The van der Waals surface area contributed by atoms with E-state index in [0.29, 0.717) is 45.1 Å². The Kier molecular flexibility index (Phi) is 9.07. The molecule has 254 valence electrons. The van der Waals surface area contributed by atoms with Crippen molar-refractivity contribution in [2.24, 2.45) is 5.92 Å². The lowest BCUT2D eigenvalue weighted by atomic mass is 9.82. The number of amides is 3. The van der Waals surface area contributed by atoms with Crippen LogP contribution in [-0.4, -0.2) is 48.7 Å². The second-order valence-electron chi connectivity index (χ2n) is 13.3. The number of aliphatic hydroxyl groups is 1. The molecule has 0 aromatic heterocycles. The summed E-state index contributed by atoms with van der Waals surface area (Å²) < 4.78 is 6.73. The summed E-state index contributed by atoms with van der Waals surface area (Å²) in [5, 5.41) is 15.8. The molecule has 4 atom stereocenters. The third-order valence-electron chi connectivity index (χ3n) is 9.53. The highest BCUT2D eigenvalue weighted by Crippen LogP contribution is 2.60. The van der Waals surface area contributed by atoms with E-state index in [2.05, 4.69) is 10.6 Å². The molecular formula is C37H41N5O6Si. The number of hydrogen-bond acceptors (Lipinski definition) is 8. The van der Waals surface area contributed by atoms with Gasteiger partial charge in [-0.3, -0.25) is 14.4 Å². The lowest BCUT2D eigenvalue weighted by Crippen LogP contribution is -2.46. The highest BCUT2D eigenvalue weighted by atomic mass is 28.4. The SMILES string of the molecule is C[C@@H]1[C@@H]([Si](C)(C)O)[C@H](CCO)O[C@@]12C(=O)N(Cc1cccc(NC(=O)c3ccc(N)cc3)c1)c1ccc(NC(=O)c3ccc(N)cc3)cc12. The molecule has 2 aliphatic rings. The second kappa shape index (κ2) is 13.1. The van der Waals surface area contributed by atoms with E-state index in [9.17, 15) is 24.3 Å². The smallest absolute Gasteiger partial charge is 0.264 e. The summed E-state index contributed by atoms with van der Waals surface area (Å²) in [5.74, 6) is -1.37. The molecule has 0 aliphatic carbocycles. The molecule has 0 radical (unpaired) electrons. The van der Waals surface area contributed by atoms with E-state index in [-0.39, 0.29) is 42.8 Å². The quantitative estimate of drug-likeness (QED) is 0.105. The normalized spacial score (nSPS) is 21.5. The van der Waals surface area contributed by atoms with Crippen LogP contribution in [0, 0.1) is 5.92 Å². The number of carbonyl (C=O) groups is 3. The summed E-state index contributed by atoms with van der Waals surface area (Å²) >= 11 is 0. The maximum Gasteiger partial charge on any atom is 0.264 e. The van der Waals surface area contributed by atoms with Gasteiger partial charge in [-0.1, -0.05) is 19.1 Å². The lowest BCUT2D eigenvalue weighted by molar-refractivity contribution is -0.146. The Bertz CT molecular complexity index is 1890. The van der Waals surface area contributed by atoms with Crippen molar-refractivity contribution < 1.29 is 29.0 Å². The summed E-state index contributed by atoms with van der Waals surface area (Å²) in [6.45, 7) is 5.58. The number of carbonyl (C=O) groups excluding carboxylic acids is 3. The predicted molar refractivity (Wildman–Crippen MR) is 193 cm³/mol. The largest absolute Gasteiger partial charge is 0.432 e. The predicted octanol–water partition coefficient (Wildman–Crippen LogP) is 5.08. The number of aliphatic hydroxyl groups excluding tert-OH is 1. The van der Waals surface area contributed by atoms with Gasteiger partial charge in [0.1, 0.15) is 0 Å². The Morgan fingerprint density at radius 3 is 2.00 bits per heavy atom. The zero-order chi connectivity index (χ0) is 35.1. The Labute approximate surface area is 286 Å². The monoisotopic (exact) mass is 679 g/mol. The molecule has 12 heteroatoms. The maximum atomic E-state index is 14.8. The van der Waals surface area contributed by atoms with E-state index in [4.69, 9.17) is 16.2 Å². The van der Waals surface area contributed by atoms with Crippen LogP contribution < -0.4 is 27.0 Å². The highest BCUT2D eigenvalue weighted by Gasteiger charge is 2.66. The van der Waals surface area contributed by atoms with Crippen LogP contribution in [0.15, 0.2) is 91.0 Å². The number of benzene rings is 4. The number of nitrogens with one attached hydrogen (secondary N) is 2. The average molecular weight is 680 g/mol. The number of rotatable bonds is 9. The molecular weight excluding hydrogens is 639 g/mol. The van der Waals surface area contributed by atoms with E-state index < -0.39 is 25.9 Å². The van der Waals surface area contributed by atoms with E-state index >= 15 is 0 Å². The third kappa shape index (κ3) is 6.43. The molecule has 4 aromatic rings. The van der Waals surface area contributed by atoms with Crippen LogP contribution in [0.2, 0.25) is 18.6 Å². The van der Waals surface area contributed by atoms with Crippen molar-refractivity contribution in [2.45, 2.75) is 50.2 Å². The summed E-state index contributed by atoms with van der Waals surface area (Å²) in [7, 11) is -2.91. The van der Waals surface area contributed by atoms with Gasteiger partial charge in [0.05, 0.1) is 18.3 Å². The third-order valence-corrected chi connectivity index (χ3v) is 12.0. The Morgan fingerprint density at radius 1 is 0.878 bits per heavy atom. The van der Waals surface area contributed by atoms with Gasteiger partial charge in [-0.25, -0.2) is 0 Å². The summed E-state index contributed by atoms with van der Waals surface area (Å²) in [6, 6.07) is 25.8. The van der Waals surface area contributed by atoms with Gasteiger partial charge in [0.25, 0.3) is 17.7 Å². The lowest BCUT2D eigenvalue weighted by Gasteiger charge is -2.32. The average Bonchev–Trinajstić information content (AvgIpc) is 3.48. The van der Waals surface area contributed by atoms with E-state index in [1.165, 1.54) is 0 Å². The Morgan fingerprint density at radius 2 is 1.45 bits per heavy atom. The fourth-order valence-electron chi connectivity index (χ4n) is 7.31. The van der Waals surface area contributed by atoms with E-state index in [1.54, 1.807) is 77.7 Å². The Hall–Kier alpha value is -5.01. The maximum absolute atomic E-state index is 14.8. The van der Waals surface area contributed by atoms with Crippen LogP contribution in [0.1, 0.15) is 45.2 Å². The van der Waals surface area contributed by atoms with Crippen LogP contribution in [0.25, 0.3) is 0 Å². The number of nitrogens with two attached hydrogens (primary N) is 2. The molecule has 6 rings (SSSR count). The Balaban J connectivity index is 1.36. The molecule has 0 bridgehead atoms. The van der Waals surface area contributed by atoms with Crippen LogP contribution in [0.5, 0.6) is 0 Å². The molecule has 1 fully saturated rings. The first kappa shape index (κ1) is 33.9. The molecule has 1 saturated heterocycles. The van der Waals surface area contributed by atoms with Crippen molar-refractivity contribution in [3.05, 3.63) is 113 Å². The van der Waals surface area contributed by atoms with Crippen LogP contribution in [0.4, 0.5) is 28.4 Å². The summed E-state index contributed by atoms with van der Waals surface area (Å²) in [4.78, 5) is 53.9. The van der Waals surface area contributed by atoms with Crippen LogP contribution >= 0.6 is 0 Å². The van der Waals surface area contributed by atoms with Gasteiger partial charge in [-0.05, 0) is 104 Å². The van der Waals surface area contributed by atoms with Gasteiger partial charge in [-0.2, -0.15) is 0 Å². The number of fused-ring (bicyclic) bond motifs is 2. The molecule has 3 amide bonds. The van der Waals surface area contributed by atoms with E-state index in [0.717, 1.165) is 5.56 Å². The molecule has 11 nitrogen and oxygen atoms in total. The van der Waals surface area contributed by atoms with Gasteiger partial charge in [-0.15, -0.1) is 0 Å². The number of ether oxygens (including phenoxy) is 1. The zero-order valence-electron chi connectivity index (χ0n) is 27.6. The van der Waals surface area contributed by atoms with Gasteiger partial charge < -0.3 is 41.6 Å².